The molecule has 2 N–H and O–H groups in total. The summed E-state index contributed by atoms with van der Waals surface area (Å²) in [5, 5.41) is 0. The van der Waals surface area contributed by atoms with Crippen molar-refractivity contribution in [3.05, 3.63) is 77.4 Å². The van der Waals surface area contributed by atoms with Crippen LogP contribution >= 0.6 is 0 Å². The molecule has 1 heterocycles. The molecule has 0 saturated carbocycles. The monoisotopic (exact) mass is 392 g/mol. The van der Waals surface area contributed by atoms with Crippen LogP contribution in [0.1, 0.15) is 34.3 Å². The quantitative estimate of drug-likeness (QED) is 0.605. The second-order valence-electron chi connectivity index (χ2n) is 7.01. The first-order valence-corrected chi connectivity index (χ1v) is 9.60. The van der Waals surface area contributed by atoms with E-state index >= 15 is 0 Å². The van der Waals surface area contributed by atoms with Crippen molar-refractivity contribution in [2.45, 2.75) is 19.4 Å². The second kappa shape index (κ2) is 9.68. The van der Waals surface area contributed by atoms with Gasteiger partial charge in [0.05, 0.1) is 5.92 Å². The number of amides is 2. The summed E-state index contributed by atoms with van der Waals surface area (Å²) in [6, 6.07) is 16.3. The largest absolute Gasteiger partial charge is 0.461 e. The van der Waals surface area contributed by atoms with Gasteiger partial charge in [-0.25, -0.2) is 0 Å². The highest BCUT2D eigenvalue weighted by molar-refractivity contribution is 5.93. The number of nitrogens with two attached hydrogens (primary N) is 1. The second-order valence-corrected chi connectivity index (χ2v) is 7.01. The smallest absolute Gasteiger partial charge is 0.309 e. The summed E-state index contributed by atoms with van der Waals surface area (Å²) in [6.07, 6.45) is 4.55. The fourth-order valence-corrected chi connectivity index (χ4v) is 3.21. The minimum atomic E-state index is -0.492. The lowest BCUT2D eigenvalue weighted by Crippen LogP contribution is -2.39. The van der Waals surface area contributed by atoms with Crippen molar-refractivity contribution in [2.75, 3.05) is 13.1 Å². The minimum absolute atomic E-state index is 0.0461. The van der Waals surface area contributed by atoms with E-state index in [9.17, 15) is 14.4 Å². The molecule has 2 aromatic rings. The molecule has 0 aromatic heterocycles. The van der Waals surface area contributed by atoms with Gasteiger partial charge in [0.2, 0.25) is 11.8 Å². The Labute approximate surface area is 170 Å². The van der Waals surface area contributed by atoms with Crippen LogP contribution < -0.4 is 5.73 Å². The number of carbonyl (C=O) groups is 3. The van der Waals surface area contributed by atoms with E-state index in [1.807, 2.05) is 30.3 Å². The molecular weight excluding hydrogens is 368 g/mol. The Kier molecular flexibility index (Phi) is 6.79. The highest BCUT2D eigenvalue weighted by atomic mass is 16.5. The van der Waals surface area contributed by atoms with Gasteiger partial charge in [0.1, 0.15) is 6.61 Å². The number of esters is 1. The van der Waals surface area contributed by atoms with Crippen molar-refractivity contribution in [3.63, 3.8) is 0 Å². The molecule has 2 amide bonds. The summed E-state index contributed by atoms with van der Waals surface area (Å²) in [4.78, 5) is 37.5. The number of ether oxygens (including phenoxy) is 1. The van der Waals surface area contributed by atoms with Gasteiger partial charge < -0.3 is 15.4 Å². The molecular formula is C23H24N2O4. The summed E-state index contributed by atoms with van der Waals surface area (Å²) in [5.74, 6) is -0.998. The van der Waals surface area contributed by atoms with Gasteiger partial charge in [-0.1, -0.05) is 42.5 Å². The number of benzene rings is 2. The first-order chi connectivity index (χ1) is 14.0. The molecule has 6 heteroatoms. The van der Waals surface area contributed by atoms with Gasteiger partial charge in [0.15, 0.2) is 0 Å². The van der Waals surface area contributed by atoms with Crippen molar-refractivity contribution < 1.29 is 19.1 Å². The summed E-state index contributed by atoms with van der Waals surface area (Å²) in [6.45, 7) is 1.22. The average Bonchev–Trinajstić information content (AvgIpc) is 2.77. The number of piperidine rings is 1. The van der Waals surface area contributed by atoms with E-state index in [0.717, 1.165) is 11.1 Å². The standard InChI is InChI=1S/C23H24N2O4/c24-22(27)19-9-6-18(7-10-19)16-29-23(28)20-12-14-25(15-13-20)21(26)11-8-17-4-2-1-3-5-17/h1-11,20H,12-16H2,(H2,24,27)/b11-8+. The van der Waals surface area contributed by atoms with Crippen molar-refractivity contribution >= 4 is 23.9 Å². The third-order valence-corrected chi connectivity index (χ3v) is 4.98. The maximum absolute atomic E-state index is 12.3. The number of hydrogen-bond donors (Lipinski definition) is 1. The van der Waals surface area contributed by atoms with Crippen molar-refractivity contribution in [1.82, 2.24) is 4.90 Å². The Morgan fingerprint density at radius 3 is 2.28 bits per heavy atom. The highest BCUT2D eigenvalue weighted by Crippen LogP contribution is 2.20. The number of carbonyl (C=O) groups excluding carboxylic acids is 3. The van der Waals surface area contributed by atoms with Gasteiger partial charge in [-0.2, -0.15) is 0 Å². The molecule has 0 unspecified atom stereocenters. The molecule has 150 valence electrons. The van der Waals surface area contributed by atoms with E-state index in [-0.39, 0.29) is 24.4 Å². The first kappa shape index (κ1) is 20.3. The molecule has 0 spiro atoms. The van der Waals surface area contributed by atoms with E-state index in [0.29, 0.717) is 31.5 Å². The normalized spacial score (nSPS) is 14.7. The fourth-order valence-electron chi connectivity index (χ4n) is 3.21. The number of likely N-dealkylation sites (tertiary alicyclic amines) is 1. The molecule has 1 aliphatic rings. The van der Waals surface area contributed by atoms with Gasteiger partial charge in [-0.15, -0.1) is 0 Å². The SMILES string of the molecule is NC(=O)c1ccc(COC(=O)C2CCN(C(=O)/C=C/c3ccccc3)CC2)cc1. The predicted octanol–water partition coefficient (Wildman–Crippen LogP) is 2.78. The number of hydrogen-bond acceptors (Lipinski definition) is 4. The maximum Gasteiger partial charge on any atom is 0.309 e. The third kappa shape index (κ3) is 5.78. The zero-order chi connectivity index (χ0) is 20.6. The summed E-state index contributed by atoms with van der Waals surface area (Å²) in [7, 11) is 0. The van der Waals surface area contributed by atoms with Crippen LogP contribution in [0.15, 0.2) is 60.7 Å². The summed E-state index contributed by atoms with van der Waals surface area (Å²) in [5.41, 5.74) is 7.39. The van der Waals surface area contributed by atoms with Crippen LogP contribution in [-0.4, -0.2) is 35.8 Å². The first-order valence-electron chi connectivity index (χ1n) is 9.60. The lowest BCUT2D eigenvalue weighted by molar-refractivity contribution is -0.152. The topological polar surface area (TPSA) is 89.7 Å². The molecule has 0 radical (unpaired) electrons. The molecule has 0 atom stereocenters. The molecule has 1 saturated heterocycles. The lowest BCUT2D eigenvalue weighted by Gasteiger charge is -2.30. The zero-order valence-electron chi connectivity index (χ0n) is 16.1. The summed E-state index contributed by atoms with van der Waals surface area (Å²) < 4.78 is 5.40. The van der Waals surface area contributed by atoms with E-state index in [4.69, 9.17) is 10.5 Å². The third-order valence-electron chi connectivity index (χ3n) is 4.98. The van der Waals surface area contributed by atoms with E-state index < -0.39 is 5.91 Å². The van der Waals surface area contributed by atoms with Crippen molar-refractivity contribution in [3.8, 4) is 0 Å². The highest BCUT2D eigenvalue weighted by Gasteiger charge is 2.27. The summed E-state index contributed by atoms with van der Waals surface area (Å²) >= 11 is 0. The van der Waals surface area contributed by atoms with Crippen LogP contribution in [0.4, 0.5) is 0 Å². The maximum atomic E-state index is 12.3. The van der Waals surface area contributed by atoms with E-state index in [2.05, 4.69) is 0 Å². The molecule has 1 fully saturated rings. The van der Waals surface area contributed by atoms with Crippen LogP contribution in [0, 0.1) is 5.92 Å². The Morgan fingerprint density at radius 2 is 1.66 bits per heavy atom. The van der Waals surface area contributed by atoms with Gasteiger partial charge in [-0.05, 0) is 42.2 Å². The van der Waals surface area contributed by atoms with E-state index in [1.54, 1.807) is 41.3 Å². The van der Waals surface area contributed by atoms with Crippen LogP contribution in [-0.2, 0) is 20.9 Å². The minimum Gasteiger partial charge on any atom is -0.461 e. The molecule has 6 nitrogen and oxygen atoms in total. The molecule has 0 aliphatic carbocycles. The molecule has 2 aromatic carbocycles. The Balaban J connectivity index is 1.43. The molecule has 1 aliphatic heterocycles. The van der Waals surface area contributed by atoms with E-state index in [1.165, 1.54) is 0 Å². The lowest BCUT2D eigenvalue weighted by atomic mass is 9.97. The number of primary amides is 1. The van der Waals surface area contributed by atoms with Gasteiger partial charge in [0, 0.05) is 24.7 Å². The Bertz CT molecular complexity index is 883. The molecule has 29 heavy (non-hydrogen) atoms. The average molecular weight is 392 g/mol. The van der Waals surface area contributed by atoms with Crippen molar-refractivity contribution in [2.24, 2.45) is 11.7 Å². The van der Waals surface area contributed by atoms with Crippen LogP contribution in [0.5, 0.6) is 0 Å². The fraction of sp³-hybridized carbons (Fsp3) is 0.261. The Morgan fingerprint density at radius 1 is 1.00 bits per heavy atom. The van der Waals surface area contributed by atoms with Gasteiger partial charge in [0.25, 0.3) is 0 Å². The van der Waals surface area contributed by atoms with Gasteiger partial charge in [-0.3, -0.25) is 14.4 Å². The number of nitrogens with zero attached hydrogens (tertiary/aromatic N) is 1. The van der Waals surface area contributed by atoms with Crippen LogP contribution in [0.25, 0.3) is 6.08 Å². The molecule has 0 bridgehead atoms. The van der Waals surface area contributed by atoms with Crippen molar-refractivity contribution in [1.29, 1.82) is 0 Å². The molecule has 3 rings (SSSR count). The Hall–Kier alpha value is -3.41. The predicted molar refractivity (Wildman–Crippen MR) is 110 cm³/mol. The zero-order valence-corrected chi connectivity index (χ0v) is 16.1. The van der Waals surface area contributed by atoms with Crippen LogP contribution in [0.2, 0.25) is 0 Å². The van der Waals surface area contributed by atoms with Gasteiger partial charge >= 0.3 is 5.97 Å². The number of rotatable bonds is 6. The van der Waals surface area contributed by atoms with Crippen LogP contribution in [0.3, 0.4) is 0 Å².